The lowest BCUT2D eigenvalue weighted by Gasteiger charge is -2.29. The van der Waals surface area contributed by atoms with E-state index >= 15 is 0 Å². The summed E-state index contributed by atoms with van der Waals surface area (Å²) >= 11 is 2.26. The second-order valence-corrected chi connectivity index (χ2v) is 11.0. The van der Waals surface area contributed by atoms with E-state index in [9.17, 15) is 4.79 Å². The zero-order chi connectivity index (χ0) is 21.5. The molecule has 4 aromatic rings. The SMILES string of the molecule is O=C(N/C(=C\I)[P+](c1ccccc1)(c1ccccc1)c1ccccc1)c1ccccc1. The van der Waals surface area contributed by atoms with E-state index in [1.807, 2.05) is 52.6 Å². The monoisotopic (exact) mass is 534 g/mol. The van der Waals surface area contributed by atoms with Crippen molar-refractivity contribution >= 4 is 51.7 Å². The highest BCUT2D eigenvalue weighted by Gasteiger charge is 2.50. The van der Waals surface area contributed by atoms with Gasteiger partial charge in [-0.25, -0.2) is 0 Å². The van der Waals surface area contributed by atoms with Crippen molar-refractivity contribution in [3.05, 3.63) is 136 Å². The first-order chi connectivity index (χ1) is 15.3. The minimum absolute atomic E-state index is 0.101. The Kier molecular flexibility index (Phi) is 6.96. The summed E-state index contributed by atoms with van der Waals surface area (Å²) in [6.07, 6.45) is 0. The zero-order valence-corrected chi connectivity index (χ0v) is 19.9. The molecule has 4 heteroatoms. The molecule has 1 amide bonds. The first-order valence-corrected chi connectivity index (χ1v) is 13.0. The largest absolute Gasteiger partial charge is 0.292 e. The summed E-state index contributed by atoms with van der Waals surface area (Å²) in [6.45, 7) is 0. The van der Waals surface area contributed by atoms with Crippen LogP contribution >= 0.6 is 29.9 Å². The Morgan fingerprint density at radius 1 is 0.613 bits per heavy atom. The molecule has 0 aromatic heterocycles. The summed E-state index contributed by atoms with van der Waals surface area (Å²) in [5.41, 5.74) is 1.57. The third-order valence-electron chi connectivity index (χ3n) is 5.17. The Morgan fingerprint density at radius 2 is 0.968 bits per heavy atom. The number of halogens is 1. The van der Waals surface area contributed by atoms with Crippen LogP contribution in [-0.2, 0) is 0 Å². The molecule has 0 aliphatic rings. The summed E-state index contributed by atoms with van der Waals surface area (Å²) < 4.78 is 2.03. The number of carbonyl (C=O) groups is 1. The van der Waals surface area contributed by atoms with Crippen LogP contribution in [0.5, 0.6) is 0 Å². The molecule has 0 radical (unpaired) electrons. The molecule has 31 heavy (non-hydrogen) atoms. The summed E-state index contributed by atoms with van der Waals surface area (Å²) in [5, 5.41) is 6.88. The van der Waals surface area contributed by atoms with Gasteiger partial charge >= 0.3 is 0 Å². The minimum atomic E-state index is -2.32. The van der Waals surface area contributed by atoms with Gasteiger partial charge in [-0.15, -0.1) is 0 Å². The van der Waals surface area contributed by atoms with E-state index in [4.69, 9.17) is 0 Å². The molecule has 2 nitrogen and oxygen atoms in total. The van der Waals surface area contributed by atoms with Gasteiger partial charge in [0, 0.05) is 9.65 Å². The van der Waals surface area contributed by atoms with Gasteiger partial charge in [0.2, 0.25) is 0 Å². The normalized spacial score (nSPS) is 11.7. The second kappa shape index (κ2) is 10.0. The Bertz CT molecular complexity index is 1070. The number of hydrogen-bond donors (Lipinski definition) is 1. The van der Waals surface area contributed by atoms with Gasteiger partial charge in [-0.05, 0) is 71.1 Å². The van der Waals surface area contributed by atoms with Crippen molar-refractivity contribution in [1.82, 2.24) is 5.32 Å². The first-order valence-electron chi connectivity index (χ1n) is 10.00. The molecule has 0 atom stereocenters. The van der Waals surface area contributed by atoms with E-state index in [1.165, 1.54) is 15.9 Å². The van der Waals surface area contributed by atoms with Gasteiger partial charge in [0.15, 0.2) is 12.7 Å². The highest BCUT2D eigenvalue weighted by atomic mass is 127. The van der Waals surface area contributed by atoms with Crippen LogP contribution in [0.4, 0.5) is 0 Å². The van der Waals surface area contributed by atoms with E-state index in [2.05, 4.69) is 101 Å². The number of rotatable bonds is 6. The highest BCUT2D eigenvalue weighted by molar-refractivity contribution is 14.1. The van der Waals surface area contributed by atoms with Crippen LogP contribution in [-0.4, -0.2) is 5.91 Å². The quantitative estimate of drug-likeness (QED) is 0.252. The Labute approximate surface area is 197 Å². The van der Waals surface area contributed by atoms with Crippen molar-refractivity contribution in [2.24, 2.45) is 0 Å². The number of hydrogen-bond acceptors (Lipinski definition) is 1. The molecule has 4 rings (SSSR count). The Balaban J connectivity index is 1.96. The molecule has 0 saturated heterocycles. The van der Waals surface area contributed by atoms with Gasteiger partial charge in [-0.2, -0.15) is 0 Å². The first kappa shape index (κ1) is 21.5. The molecule has 0 fully saturated rings. The molecule has 0 saturated carbocycles. The number of carbonyl (C=O) groups excluding carboxylic acids is 1. The third kappa shape index (κ3) is 4.34. The van der Waals surface area contributed by atoms with Gasteiger partial charge in [0.25, 0.3) is 5.91 Å². The summed E-state index contributed by atoms with van der Waals surface area (Å²) in [7, 11) is -2.32. The Morgan fingerprint density at radius 3 is 1.32 bits per heavy atom. The number of benzene rings is 4. The lowest BCUT2D eigenvalue weighted by atomic mass is 10.2. The minimum Gasteiger partial charge on any atom is -0.292 e. The fraction of sp³-hybridized carbons (Fsp3) is 0. The van der Waals surface area contributed by atoms with Crippen LogP contribution in [0.2, 0.25) is 0 Å². The lowest BCUT2D eigenvalue weighted by Crippen LogP contribution is -2.38. The molecule has 1 N–H and O–H groups in total. The van der Waals surface area contributed by atoms with Crippen molar-refractivity contribution in [2.45, 2.75) is 0 Å². The van der Waals surface area contributed by atoms with Crippen LogP contribution in [0.25, 0.3) is 0 Å². The van der Waals surface area contributed by atoms with Crippen LogP contribution in [0.1, 0.15) is 10.4 Å². The van der Waals surface area contributed by atoms with Gasteiger partial charge in [0.05, 0.1) is 0 Å². The maximum absolute atomic E-state index is 13.2. The molecule has 152 valence electrons. The second-order valence-electron chi connectivity index (χ2n) is 6.99. The molecule has 0 aliphatic heterocycles. The van der Waals surface area contributed by atoms with E-state index < -0.39 is 7.26 Å². The van der Waals surface area contributed by atoms with Gasteiger partial charge in [0.1, 0.15) is 15.9 Å². The third-order valence-corrected chi connectivity index (χ3v) is 10.5. The van der Waals surface area contributed by atoms with E-state index in [0.29, 0.717) is 5.56 Å². The van der Waals surface area contributed by atoms with Gasteiger partial charge < -0.3 is 0 Å². The predicted molar refractivity (Wildman–Crippen MR) is 141 cm³/mol. The number of nitrogens with one attached hydrogen (secondary N) is 1. The van der Waals surface area contributed by atoms with Crippen molar-refractivity contribution in [3.8, 4) is 0 Å². The maximum Gasteiger partial charge on any atom is 0.258 e. The van der Waals surface area contributed by atoms with Crippen molar-refractivity contribution in [3.63, 3.8) is 0 Å². The smallest absolute Gasteiger partial charge is 0.258 e. The maximum atomic E-state index is 13.2. The standard InChI is InChI=1S/C27H21INOP/c28-21-26(29-27(30)22-13-5-1-6-14-22)31(23-15-7-2-8-16-23,24-17-9-3-10-18-24)25-19-11-4-12-20-25/h1-21H/p+1/b26-21+. The van der Waals surface area contributed by atoms with E-state index in [1.54, 1.807) is 0 Å². The molecule has 4 aromatic carbocycles. The van der Waals surface area contributed by atoms with Crippen LogP contribution in [0.3, 0.4) is 0 Å². The molecule has 0 bridgehead atoms. The summed E-state index contributed by atoms with van der Waals surface area (Å²) in [5.74, 6) is -0.101. The molecule has 0 heterocycles. The zero-order valence-electron chi connectivity index (χ0n) is 16.9. The molecular formula is C27H22INOP+. The lowest BCUT2D eigenvalue weighted by molar-refractivity contribution is 0.0968. The summed E-state index contributed by atoms with van der Waals surface area (Å²) in [6, 6.07) is 40.9. The van der Waals surface area contributed by atoms with Crippen molar-refractivity contribution in [1.29, 1.82) is 0 Å². The average Bonchev–Trinajstić information content (AvgIpc) is 2.86. The van der Waals surface area contributed by atoms with Gasteiger partial charge in [-0.1, -0.05) is 72.8 Å². The van der Waals surface area contributed by atoms with Crippen molar-refractivity contribution in [2.75, 3.05) is 0 Å². The number of amides is 1. The molecule has 0 aliphatic carbocycles. The van der Waals surface area contributed by atoms with Gasteiger partial charge in [-0.3, -0.25) is 10.1 Å². The van der Waals surface area contributed by atoms with E-state index in [-0.39, 0.29) is 5.91 Å². The van der Waals surface area contributed by atoms with Crippen molar-refractivity contribution < 1.29 is 4.79 Å². The molecule has 0 unspecified atom stereocenters. The fourth-order valence-electron chi connectivity index (χ4n) is 3.78. The fourth-order valence-corrected chi connectivity index (χ4v) is 9.19. The molecule has 0 spiro atoms. The van der Waals surface area contributed by atoms with E-state index in [0.717, 1.165) is 5.44 Å². The molecular weight excluding hydrogens is 512 g/mol. The topological polar surface area (TPSA) is 29.1 Å². The van der Waals surface area contributed by atoms with Crippen LogP contribution in [0.15, 0.2) is 131 Å². The van der Waals surface area contributed by atoms with Crippen LogP contribution in [0, 0.1) is 0 Å². The highest BCUT2D eigenvalue weighted by Crippen LogP contribution is 2.61. The Hall–Kier alpha value is -2.75. The average molecular weight is 534 g/mol. The predicted octanol–water partition coefficient (Wildman–Crippen LogP) is 5.64. The summed E-state index contributed by atoms with van der Waals surface area (Å²) in [4.78, 5) is 13.2. The van der Waals surface area contributed by atoms with Crippen LogP contribution < -0.4 is 21.2 Å².